The number of carbonyl (C=O) groups is 1. The zero-order valence-corrected chi connectivity index (χ0v) is 9.10. The first-order valence-corrected chi connectivity index (χ1v) is 4.65. The molecule has 0 aliphatic rings. The van der Waals surface area contributed by atoms with Crippen molar-refractivity contribution in [1.29, 1.82) is 0 Å². The van der Waals surface area contributed by atoms with Gasteiger partial charge in [-0.1, -0.05) is 49.1 Å². The highest BCUT2D eigenvalue weighted by Crippen LogP contribution is 1.97. The summed E-state index contributed by atoms with van der Waals surface area (Å²) in [4.78, 5) is 9.86. The summed E-state index contributed by atoms with van der Waals surface area (Å²) in [7, 11) is 0. The number of hydrogen-bond acceptors (Lipinski definition) is 1. The average molecular weight is 204 g/mol. The highest BCUT2D eigenvalue weighted by atomic mass is 16.4. The van der Waals surface area contributed by atoms with E-state index in [0.717, 1.165) is 0 Å². The van der Waals surface area contributed by atoms with Gasteiger partial charge in [-0.05, 0) is 19.4 Å². The normalized spacial score (nSPS) is 9.87. The minimum Gasteiger partial charge on any atom is -0.478 e. The summed E-state index contributed by atoms with van der Waals surface area (Å²) in [6.07, 6.45) is 3.39. The molecule has 0 aliphatic carbocycles. The van der Waals surface area contributed by atoms with Crippen LogP contribution in [0.3, 0.4) is 0 Å². The standard InChI is InChI=1S/C8H8.C5H8O2/c1-2-8-6-4-3-5-7-8;1-3-4(2)5(6)7/h2-7H,1H2;3H,1-2H3,(H,6,7)/b;4-3+. The van der Waals surface area contributed by atoms with E-state index in [4.69, 9.17) is 5.11 Å². The van der Waals surface area contributed by atoms with Crippen LogP contribution < -0.4 is 0 Å². The van der Waals surface area contributed by atoms with Gasteiger partial charge in [0.1, 0.15) is 0 Å². The molecular formula is C13H16O2. The van der Waals surface area contributed by atoms with Gasteiger partial charge in [-0.2, -0.15) is 0 Å². The van der Waals surface area contributed by atoms with Gasteiger partial charge in [-0.3, -0.25) is 0 Å². The van der Waals surface area contributed by atoms with Crippen molar-refractivity contribution in [3.05, 3.63) is 54.1 Å². The molecule has 15 heavy (non-hydrogen) atoms. The van der Waals surface area contributed by atoms with Gasteiger partial charge in [0.2, 0.25) is 0 Å². The zero-order chi connectivity index (χ0) is 11.7. The third-order valence-corrected chi connectivity index (χ3v) is 1.81. The van der Waals surface area contributed by atoms with Gasteiger partial charge in [0, 0.05) is 5.57 Å². The fourth-order valence-electron chi connectivity index (χ4n) is 0.713. The maximum atomic E-state index is 9.86. The molecule has 0 bridgehead atoms. The molecule has 0 radical (unpaired) electrons. The number of aliphatic carboxylic acids is 1. The molecule has 0 atom stereocenters. The third-order valence-electron chi connectivity index (χ3n) is 1.81. The number of hydrogen-bond donors (Lipinski definition) is 1. The van der Waals surface area contributed by atoms with Crippen molar-refractivity contribution >= 4 is 12.0 Å². The number of rotatable bonds is 2. The summed E-state index contributed by atoms with van der Waals surface area (Å²) in [5.41, 5.74) is 1.56. The molecular weight excluding hydrogens is 188 g/mol. The first kappa shape index (κ1) is 13.2. The lowest BCUT2D eigenvalue weighted by Crippen LogP contribution is -1.93. The molecule has 1 rings (SSSR count). The number of carboxylic acid groups (broad SMARTS) is 1. The second-order valence-corrected chi connectivity index (χ2v) is 2.89. The van der Waals surface area contributed by atoms with Crippen LogP contribution in [0.2, 0.25) is 0 Å². The summed E-state index contributed by atoms with van der Waals surface area (Å²) < 4.78 is 0. The van der Waals surface area contributed by atoms with Crippen molar-refractivity contribution in [3.63, 3.8) is 0 Å². The van der Waals surface area contributed by atoms with Gasteiger partial charge in [0.25, 0.3) is 0 Å². The van der Waals surface area contributed by atoms with Crippen LogP contribution in [-0.2, 0) is 4.79 Å². The van der Waals surface area contributed by atoms with Crippen molar-refractivity contribution in [1.82, 2.24) is 0 Å². The predicted molar refractivity (Wildman–Crippen MR) is 63.6 cm³/mol. The van der Waals surface area contributed by atoms with Crippen LogP contribution in [0.15, 0.2) is 48.6 Å². The Labute approximate surface area is 90.6 Å². The average Bonchev–Trinajstić information content (AvgIpc) is 2.29. The SMILES string of the molecule is C/C=C(\C)C(=O)O.C=Cc1ccccc1. The predicted octanol–water partition coefficient (Wildman–Crippen LogP) is 3.37. The zero-order valence-electron chi connectivity index (χ0n) is 9.10. The highest BCUT2D eigenvalue weighted by molar-refractivity contribution is 5.85. The van der Waals surface area contributed by atoms with E-state index in [1.54, 1.807) is 19.9 Å². The monoisotopic (exact) mass is 204 g/mol. The number of allylic oxidation sites excluding steroid dienone is 1. The van der Waals surface area contributed by atoms with E-state index < -0.39 is 5.97 Å². The van der Waals surface area contributed by atoms with Gasteiger partial charge in [0.05, 0.1) is 0 Å². The Hall–Kier alpha value is -1.83. The van der Waals surface area contributed by atoms with Crippen molar-refractivity contribution in [2.45, 2.75) is 13.8 Å². The van der Waals surface area contributed by atoms with Crippen molar-refractivity contribution in [3.8, 4) is 0 Å². The van der Waals surface area contributed by atoms with E-state index in [9.17, 15) is 4.79 Å². The van der Waals surface area contributed by atoms with Crippen LogP contribution in [0.1, 0.15) is 19.4 Å². The van der Waals surface area contributed by atoms with Crippen LogP contribution in [0, 0.1) is 0 Å². The van der Waals surface area contributed by atoms with Crippen molar-refractivity contribution in [2.24, 2.45) is 0 Å². The molecule has 0 aliphatic heterocycles. The molecule has 0 aromatic heterocycles. The number of benzene rings is 1. The third kappa shape index (κ3) is 6.27. The fraction of sp³-hybridized carbons (Fsp3) is 0.154. The fourth-order valence-corrected chi connectivity index (χ4v) is 0.713. The second kappa shape index (κ2) is 7.56. The Bertz CT molecular complexity index is 337. The van der Waals surface area contributed by atoms with Crippen LogP contribution in [-0.4, -0.2) is 11.1 Å². The first-order valence-electron chi connectivity index (χ1n) is 4.65. The van der Waals surface area contributed by atoms with E-state index >= 15 is 0 Å². The molecule has 0 spiro atoms. The van der Waals surface area contributed by atoms with E-state index in [2.05, 4.69) is 6.58 Å². The topological polar surface area (TPSA) is 37.3 Å². The molecule has 0 fully saturated rings. The molecule has 1 aromatic rings. The maximum Gasteiger partial charge on any atom is 0.330 e. The van der Waals surface area contributed by atoms with E-state index in [1.165, 1.54) is 5.56 Å². The maximum absolute atomic E-state index is 9.86. The van der Waals surface area contributed by atoms with Gasteiger partial charge in [-0.25, -0.2) is 4.79 Å². The Morgan fingerprint density at radius 2 is 1.87 bits per heavy atom. The quantitative estimate of drug-likeness (QED) is 0.750. The van der Waals surface area contributed by atoms with Gasteiger partial charge >= 0.3 is 5.97 Å². The summed E-state index contributed by atoms with van der Waals surface area (Å²) in [6, 6.07) is 10.0. The minimum absolute atomic E-state index is 0.389. The molecule has 2 nitrogen and oxygen atoms in total. The molecule has 0 heterocycles. The molecule has 1 N–H and O–H groups in total. The van der Waals surface area contributed by atoms with Gasteiger partial charge in [-0.15, -0.1) is 0 Å². The van der Waals surface area contributed by atoms with Gasteiger partial charge < -0.3 is 5.11 Å². The van der Waals surface area contributed by atoms with E-state index in [1.807, 2.05) is 36.4 Å². The smallest absolute Gasteiger partial charge is 0.330 e. The lowest BCUT2D eigenvalue weighted by atomic mass is 10.2. The summed E-state index contributed by atoms with van der Waals surface area (Å²) >= 11 is 0. The van der Waals surface area contributed by atoms with Crippen molar-refractivity contribution in [2.75, 3.05) is 0 Å². The molecule has 0 saturated heterocycles. The lowest BCUT2D eigenvalue weighted by molar-refractivity contribution is -0.132. The molecule has 1 aromatic carbocycles. The van der Waals surface area contributed by atoms with Crippen LogP contribution >= 0.6 is 0 Å². The second-order valence-electron chi connectivity index (χ2n) is 2.89. The Kier molecular flexibility index (Phi) is 6.64. The molecule has 0 unspecified atom stereocenters. The van der Waals surface area contributed by atoms with E-state index in [0.29, 0.717) is 5.57 Å². The molecule has 80 valence electrons. The summed E-state index contributed by atoms with van der Waals surface area (Å²) in [5, 5.41) is 8.11. The van der Waals surface area contributed by atoms with Crippen LogP contribution in [0.25, 0.3) is 6.08 Å². The number of carboxylic acids is 1. The lowest BCUT2D eigenvalue weighted by Gasteiger charge is -1.85. The van der Waals surface area contributed by atoms with Gasteiger partial charge in [0.15, 0.2) is 0 Å². The van der Waals surface area contributed by atoms with E-state index in [-0.39, 0.29) is 0 Å². The molecule has 0 saturated carbocycles. The Morgan fingerprint density at radius 3 is 2.07 bits per heavy atom. The summed E-state index contributed by atoms with van der Waals surface area (Å²) in [5.74, 6) is -0.845. The largest absolute Gasteiger partial charge is 0.478 e. The first-order chi connectivity index (χ1) is 7.11. The van der Waals surface area contributed by atoms with Crippen LogP contribution in [0.4, 0.5) is 0 Å². The molecule has 0 amide bonds. The molecule has 2 heteroatoms. The highest BCUT2D eigenvalue weighted by Gasteiger charge is 1.93. The Balaban J connectivity index is 0.000000265. The Morgan fingerprint density at radius 1 is 1.33 bits per heavy atom. The minimum atomic E-state index is -0.845. The summed E-state index contributed by atoms with van der Waals surface area (Å²) in [6.45, 7) is 6.89. The van der Waals surface area contributed by atoms with Crippen molar-refractivity contribution < 1.29 is 9.90 Å². The van der Waals surface area contributed by atoms with Crippen LogP contribution in [0.5, 0.6) is 0 Å².